The van der Waals surface area contributed by atoms with Gasteiger partial charge in [0.05, 0.1) is 0 Å². The largest absolute Gasteiger partial charge is 0.492 e. The summed E-state index contributed by atoms with van der Waals surface area (Å²) in [7, 11) is -0.233. The van der Waals surface area contributed by atoms with E-state index >= 15 is 0 Å². The first-order valence-electron chi connectivity index (χ1n) is 9.04. The highest BCUT2D eigenvalue weighted by atomic mass is 35.5. The van der Waals surface area contributed by atoms with E-state index in [1.165, 1.54) is 28.9 Å². The summed E-state index contributed by atoms with van der Waals surface area (Å²) in [5.41, 5.74) is 2.70. The van der Waals surface area contributed by atoms with Crippen LogP contribution in [0.2, 0.25) is 0 Å². The van der Waals surface area contributed by atoms with Gasteiger partial charge in [0.15, 0.2) is 0 Å². The van der Waals surface area contributed by atoms with Gasteiger partial charge in [-0.2, -0.15) is 10.9 Å². The Labute approximate surface area is 165 Å². The van der Waals surface area contributed by atoms with Crippen LogP contribution < -0.4 is 10.1 Å². The molecule has 138 valence electrons. The fourth-order valence-corrected chi connectivity index (χ4v) is 4.96. The van der Waals surface area contributed by atoms with Crippen molar-refractivity contribution >= 4 is 23.3 Å². The summed E-state index contributed by atoms with van der Waals surface area (Å²) >= 11 is 0. The lowest BCUT2D eigenvalue weighted by atomic mass is 10.1. The van der Waals surface area contributed by atoms with Gasteiger partial charge in [-0.25, -0.2) is 0 Å². The molecule has 0 unspecified atom stereocenters. The molecule has 2 aromatic carbocycles. The average molecular weight is 388 g/mol. The first-order chi connectivity index (χ1) is 12.4. The third-order valence-electron chi connectivity index (χ3n) is 4.76. The molecule has 0 amide bonds. The fourth-order valence-electron chi connectivity index (χ4n) is 3.37. The topological polar surface area (TPSA) is 21.3 Å². The molecule has 2 aromatic rings. The third-order valence-corrected chi connectivity index (χ3v) is 6.62. The van der Waals surface area contributed by atoms with Crippen LogP contribution in [-0.2, 0) is 6.42 Å². The Morgan fingerprint density at radius 2 is 1.81 bits per heavy atom. The Morgan fingerprint density at radius 3 is 2.54 bits per heavy atom. The summed E-state index contributed by atoms with van der Waals surface area (Å²) < 4.78 is 5.91. The highest BCUT2D eigenvalue weighted by Crippen LogP contribution is 2.42. The van der Waals surface area contributed by atoms with E-state index in [0.29, 0.717) is 6.04 Å². The van der Waals surface area contributed by atoms with Crippen molar-refractivity contribution in [2.24, 2.45) is 0 Å². The smallest absolute Gasteiger partial charge is 0.119 e. The highest BCUT2D eigenvalue weighted by molar-refractivity contribution is 8.22. The van der Waals surface area contributed by atoms with E-state index in [2.05, 4.69) is 76.8 Å². The molecule has 2 aliphatic heterocycles. The van der Waals surface area contributed by atoms with E-state index in [1.807, 2.05) is 0 Å². The minimum Gasteiger partial charge on any atom is -0.492 e. The molecule has 2 nitrogen and oxygen atoms in total. The van der Waals surface area contributed by atoms with Gasteiger partial charge in [-0.1, -0.05) is 36.4 Å². The summed E-state index contributed by atoms with van der Waals surface area (Å²) in [5.74, 6) is 0.968. The Kier molecular flexibility index (Phi) is 6.84. The van der Waals surface area contributed by atoms with Crippen LogP contribution >= 0.6 is 23.3 Å². The zero-order chi connectivity index (χ0) is 16.9. The summed E-state index contributed by atoms with van der Waals surface area (Å²) in [6, 6.07) is 18.1. The van der Waals surface area contributed by atoms with Crippen LogP contribution in [0.25, 0.3) is 0 Å². The van der Waals surface area contributed by atoms with E-state index in [9.17, 15) is 0 Å². The van der Waals surface area contributed by atoms with Crippen molar-refractivity contribution in [3.63, 3.8) is 0 Å². The van der Waals surface area contributed by atoms with Gasteiger partial charge in [0.2, 0.25) is 0 Å². The highest BCUT2D eigenvalue weighted by Gasteiger charge is 2.14. The minimum absolute atomic E-state index is 0. The molecule has 1 atom stereocenters. The number of allylic oxidation sites excluding steroid dienone is 2. The molecular weight excluding hydrogens is 362 g/mol. The van der Waals surface area contributed by atoms with Crippen molar-refractivity contribution in [2.45, 2.75) is 30.2 Å². The lowest BCUT2D eigenvalue weighted by molar-refractivity contribution is 0.277. The van der Waals surface area contributed by atoms with Crippen molar-refractivity contribution in [1.29, 1.82) is 0 Å². The van der Waals surface area contributed by atoms with Gasteiger partial charge in [0.1, 0.15) is 12.4 Å². The van der Waals surface area contributed by atoms with E-state index in [0.717, 1.165) is 25.3 Å². The molecule has 2 aliphatic rings. The van der Waals surface area contributed by atoms with Gasteiger partial charge >= 0.3 is 0 Å². The van der Waals surface area contributed by atoms with Crippen LogP contribution in [0.5, 0.6) is 5.75 Å². The minimum atomic E-state index is -0.233. The monoisotopic (exact) mass is 387 g/mol. The summed E-state index contributed by atoms with van der Waals surface area (Å²) in [6.07, 6.45) is 7.76. The Bertz CT molecular complexity index is 754. The van der Waals surface area contributed by atoms with E-state index < -0.39 is 0 Å². The molecular formula is C22H26ClNOS. The maximum Gasteiger partial charge on any atom is 0.119 e. The molecule has 26 heavy (non-hydrogen) atoms. The number of hydrogen-bond donors (Lipinski definition) is 2. The molecule has 0 saturated carbocycles. The molecule has 0 bridgehead atoms. The Balaban J connectivity index is 0.00000196. The van der Waals surface area contributed by atoms with Crippen molar-refractivity contribution < 1.29 is 4.74 Å². The van der Waals surface area contributed by atoms with E-state index in [4.69, 9.17) is 4.74 Å². The van der Waals surface area contributed by atoms with Gasteiger partial charge in [-0.15, -0.1) is 12.4 Å². The first kappa shape index (κ1) is 19.1. The van der Waals surface area contributed by atoms with Gasteiger partial charge in [-0.3, -0.25) is 0 Å². The molecule has 4 heteroatoms. The second-order valence-corrected chi connectivity index (χ2v) is 8.61. The van der Waals surface area contributed by atoms with Gasteiger partial charge in [-0.05, 0) is 76.9 Å². The lowest BCUT2D eigenvalue weighted by Gasteiger charge is -2.13. The second-order valence-electron chi connectivity index (χ2n) is 6.69. The van der Waals surface area contributed by atoms with E-state index in [1.54, 1.807) is 0 Å². The normalized spacial score (nSPS) is 19.5. The maximum absolute atomic E-state index is 5.91. The lowest BCUT2D eigenvalue weighted by Crippen LogP contribution is -2.28. The molecule has 0 radical (unpaired) electrons. The van der Waals surface area contributed by atoms with Crippen LogP contribution in [0.1, 0.15) is 24.0 Å². The number of ether oxygens (including phenoxy) is 1. The number of halogens is 1. The van der Waals surface area contributed by atoms with Crippen LogP contribution in [0.4, 0.5) is 0 Å². The molecule has 4 rings (SSSR count). The predicted octanol–water partition coefficient (Wildman–Crippen LogP) is 5.23. The zero-order valence-corrected chi connectivity index (χ0v) is 16.5. The maximum atomic E-state index is 5.91. The first-order valence-corrected chi connectivity index (χ1v) is 10.5. The van der Waals surface area contributed by atoms with Gasteiger partial charge in [0, 0.05) is 6.04 Å². The summed E-state index contributed by atoms with van der Waals surface area (Å²) in [5, 5.41) is 8.08. The SMILES string of the molecule is C1=C[SH](c2cccc(Cc3ccc(OC[C@@H]4CCCN4)cc3)c2)C=C1.Cl. The predicted molar refractivity (Wildman–Crippen MR) is 115 cm³/mol. The molecule has 2 heterocycles. The van der Waals surface area contributed by atoms with Crippen molar-refractivity contribution in [3.8, 4) is 5.75 Å². The average Bonchev–Trinajstić information content (AvgIpc) is 3.35. The quantitative estimate of drug-likeness (QED) is 0.662. The fraction of sp³-hybridized carbons (Fsp3) is 0.273. The zero-order valence-electron chi connectivity index (χ0n) is 14.8. The molecule has 0 spiro atoms. The number of nitrogens with one attached hydrogen (secondary N) is 1. The molecule has 0 aliphatic carbocycles. The van der Waals surface area contributed by atoms with Crippen molar-refractivity contribution in [1.82, 2.24) is 5.32 Å². The number of rotatable bonds is 6. The van der Waals surface area contributed by atoms with Crippen LogP contribution in [-0.4, -0.2) is 19.2 Å². The summed E-state index contributed by atoms with van der Waals surface area (Å²) in [4.78, 5) is 1.43. The number of benzene rings is 2. The van der Waals surface area contributed by atoms with Crippen LogP contribution in [0.3, 0.4) is 0 Å². The van der Waals surface area contributed by atoms with Gasteiger partial charge < -0.3 is 10.1 Å². The van der Waals surface area contributed by atoms with Crippen LogP contribution in [0.15, 0.2) is 76.4 Å². The van der Waals surface area contributed by atoms with E-state index in [-0.39, 0.29) is 23.3 Å². The van der Waals surface area contributed by atoms with Crippen molar-refractivity contribution in [3.05, 3.63) is 82.6 Å². The molecule has 0 aromatic heterocycles. The van der Waals surface area contributed by atoms with Crippen molar-refractivity contribution in [2.75, 3.05) is 13.2 Å². The third kappa shape index (κ3) is 4.94. The number of thiol groups is 1. The second kappa shape index (κ2) is 9.31. The standard InChI is InChI=1S/C22H25NOS.ClH/c1-2-14-25(13-1)22-7-3-5-19(16-22)15-18-8-10-21(11-9-18)24-17-20-6-4-12-23-20;/h1-3,5,7-11,13-14,16,20,23,25H,4,6,12,15,17H2;1H/t20-;/m0./s1. The Morgan fingerprint density at radius 1 is 1.00 bits per heavy atom. The molecule has 1 N–H and O–H groups in total. The summed E-state index contributed by atoms with van der Waals surface area (Å²) in [6.45, 7) is 1.89. The molecule has 1 fully saturated rings. The molecule has 1 saturated heterocycles. The van der Waals surface area contributed by atoms with Crippen LogP contribution in [0, 0.1) is 0 Å². The van der Waals surface area contributed by atoms with Gasteiger partial charge in [0.25, 0.3) is 0 Å². The number of hydrogen-bond acceptors (Lipinski definition) is 2. The Hall–Kier alpha value is -1.68.